The van der Waals surface area contributed by atoms with Crippen molar-refractivity contribution in [3.8, 4) is 0 Å². The maximum absolute atomic E-state index is 10.6. The molecule has 0 aliphatic heterocycles. The fraction of sp³-hybridized carbons (Fsp3) is 1.00. The van der Waals surface area contributed by atoms with Crippen LogP contribution < -0.4 is 0 Å². The van der Waals surface area contributed by atoms with Crippen LogP contribution in [0.2, 0.25) is 0 Å². The molecule has 18 heavy (non-hydrogen) atoms. The summed E-state index contributed by atoms with van der Waals surface area (Å²) < 4.78 is 0. The van der Waals surface area contributed by atoms with Crippen molar-refractivity contribution in [2.45, 2.75) is 65.1 Å². The van der Waals surface area contributed by atoms with Crippen molar-refractivity contribution in [1.29, 1.82) is 0 Å². The van der Waals surface area contributed by atoms with E-state index in [0.717, 1.165) is 12.8 Å². The predicted molar refractivity (Wildman–Crippen MR) is 71.1 cm³/mol. The van der Waals surface area contributed by atoms with Crippen LogP contribution in [-0.2, 0) is 0 Å². The van der Waals surface area contributed by atoms with Gasteiger partial charge in [-0.25, -0.2) is 0 Å². The second kappa shape index (κ2) is 4.19. The van der Waals surface area contributed by atoms with Crippen LogP contribution in [0.25, 0.3) is 0 Å². The van der Waals surface area contributed by atoms with Gasteiger partial charge in [0.05, 0.1) is 11.7 Å². The molecule has 3 N–H and O–H groups in total. The van der Waals surface area contributed by atoms with Gasteiger partial charge in [0, 0.05) is 12.5 Å². The van der Waals surface area contributed by atoms with Gasteiger partial charge in [0.15, 0.2) is 0 Å². The minimum Gasteiger partial charge on any atom is -0.396 e. The first-order chi connectivity index (χ1) is 8.16. The van der Waals surface area contributed by atoms with Gasteiger partial charge in [0.25, 0.3) is 0 Å². The van der Waals surface area contributed by atoms with Gasteiger partial charge in [-0.15, -0.1) is 0 Å². The van der Waals surface area contributed by atoms with E-state index < -0.39 is 11.7 Å². The lowest BCUT2D eigenvalue weighted by atomic mass is 9.45. The monoisotopic (exact) mass is 256 g/mol. The Labute approximate surface area is 110 Å². The van der Waals surface area contributed by atoms with Crippen molar-refractivity contribution in [2.24, 2.45) is 22.7 Å². The molecule has 2 rings (SSSR count). The Hall–Kier alpha value is -0.120. The maximum atomic E-state index is 10.6. The summed E-state index contributed by atoms with van der Waals surface area (Å²) in [4.78, 5) is 0. The molecule has 0 bridgehead atoms. The van der Waals surface area contributed by atoms with E-state index >= 15 is 0 Å². The van der Waals surface area contributed by atoms with Gasteiger partial charge in [-0.3, -0.25) is 0 Å². The summed E-state index contributed by atoms with van der Waals surface area (Å²) in [6.07, 6.45) is 3.26. The van der Waals surface area contributed by atoms with E-state index in [4.69, 9.17) is 0 Å². The summed E-state index contributed by atoms with van der Waals surface area (Å²) in [5.41, 5.74) is -1.06. The normalized spacial score (nSPS) is 51.8. The molecule has 0 heterocycles. The molecule has 0 amide bonds. The standard InChI is InChI=1S/C15H28O3/c1-13(2)6-5-7-14(3)10(13)8-12(17)15(4,18)11(14)9-16/h10-12,16-18H,5-9H2,1-4H3/t10?,11-,12-,14+,15+/m1/s1. The fourth-order valence-corrected chi connectivity index (χ4v) is 4.93. The van der Waals surface area contributed by atoms with Crippen LogP contribution in [0, 0.1) is 22.7 Å². The van der Waals surface area contributed by atoms with Crippen LogP contribution in [-0.4, -0.2) is 33.6 Å². The van der Waals surface area contributed by atoms with Crippen molar-refractivity contribution < 1.29 is 15.3 Å². The molecular formula is C15H28O3. The summed E-state index contributed by atoms with van der Waals surface area (Å²) in [6.45, 7) is 8.35. The molecule has 0 spiro atoms. The van der Waals surface area contributed by atoms with Gasteiger partial charge < -0.3 is 15.3 Å². The molecule has 1 unspecified atom stereocenters. The number of rotatable bonds is 1. The number of aliphatic hydroxyl groups excluding tert-OH is 2. The van der Waals surface area contributed by atoms with Crippen LogP contribution in [0.3, 0.4) is 0 Å². The lowest BCUT2D eigenvalue weighted by Gasteiger charge is -2.62. The van der Waals surface area contributed by atoms with Gasteiger partial charge in [-0.2, -0.15) is 0 Å². The second-order valence-corrected chi connectivity index (χ2v) is 7.61. The third-order valence-corrected chi connectivity index (χ3v) is 6.09. The van der Waals surface area contributed by atoms with E-state index in [1.807, 2.05) is 0 Å². The highest BCUT2D eigenvalue weighted by atomic mass is 16.3. The lowest BCUT2D eigenvalue weighted by Crippen LogP contribution is -2.64. The second-order valence-electron chi connectivity index (χ2n) is 7.61. The van der Waals surface area contributed by atoms with Crippen LogP contribution in [0.1, 0.15) is 53.4 Å². The van der Waals surface area contributed by atoms with Crippen molar-refractivity contribution in [1.82, 2.24) is 0 Å². The Morgan fingerprint density at radius 1 is 1.11 bits per heavy atom. The van der Waals surface area contributed by atoms with Crippen LogP contribution >= 0.6 is 0 Å². The van der Waals surface area contributed by atoms with E-state index in [9.17, 15) is 15.3 Å². The van der Waals surface area contributed by atoms with Gasteiger partial charge in [0.1, 0.15) is 0 Å². The average Bonchev–Trinajstić information content (AvgIpc) is 2.22. The minimum absolute atomic E-state index is 0.0485. The number of fused-ring (bicyclic) bond motifs is 1. The SMILES string of the molecule is CC1(C)CCC[C@@]2(C)C1C[C@@H](O)[C@@](C)(O)[C@@H]2CO. The van der Waals surface area contributed by atoms with Crippen molar-refractivity contribution in [3.05, 3.63) is 0 Å². The van der Waals surface area contributed by atoms with Crippen LogP contribution in [0.15, 0.2) is 0 Å². The van der Waals surface area contributed by atoms with E-state index in [-0.39, 0.29) is 23.4 Å². The average molecular weight is 256 g/mol. The molecule has 106 valence electrons. The largest absolute Gasteiger partial charge is 0.396 e. The summed E-state index contributed by atoms with van der Waals surface area (Å²) in [7, 11) is 0. The highest BCUT2D eigenvalue weighted by Crippen LogP contribution is 2.61. The minimum atomic E-state index is -1.17. The molecule has 0 saturated heterocycles. The molecular weight excluding hydrogens is 228 g/mol. The zero-order valence-electron chi connectivity index (χ0n) is 12.1. The first-order valence-electron chi connectivity index (χ1n) is 7.17. The zero-order chi connectivity index (χ0) is 13.8. The Morgan fingerprint density at radius 2 is 1.72 bits per heavy atom. The zero-order valence-corrected chi connectivity index (χ0v) is 12.1. The Kier molecular flexibility index (Phi) is 3.33. The van der Waals surface area contributed by atoms with Crippen LogP contribution in [0.4, 0.5) is 0 Å². The van der Waals surface area contributed by atoms with Crippen molar-refractivity contribution in [3.63, 3.8) is 0 Å². The highest BCUT2D eigenvalue weighted by Gasteiger charge is 2.60. The van der Waals surface area contributed by atoms with E-state index in [0.29, 0.717) is 12.3 Å². The quantitative estimate of drug-likeness (QED) is 0.672. The first-order valence-corrected chi connectivity index (χ1v) is 7.17. The molecule has 0 aromatic rings. The smallest absolute Gasteiger partial charge is 0.0932 e. The topological polar surface area (TPSA) is 60.7 Å². The molecule has 2 saturated carbocycles. The molecule has 5 atom stereocenters. The first kappa shape index (κ1) is 14.3. The fourth-order valence-electron chi connectivity index (χ4n) is 4.93. The van der Waals surface area contributed by atoms with Gasteiger partial charge in [-0.1, -0.05) is 27.2 Å². The number of hydrogen-bond donors (Lipinski definition) is 3. The Morgan fingerprint density at radius 3 is 2.28 bits per heavy atom. The maximum Gasteiger partial charge on any atom is 0.0932 e. The summed E-state index contributed by atoms with van der Waals surface area (Å²) in [5, 5.41) is 30.6. The molecule has 3 nitrogen and oxygen atoms in total. The lowest BCUT2D eigenvalue weighted by molar-refractivity contribution is -0.227. The molecule has 0 aromatic heterocycles. The van der Waals surface area contributed by atoms with E-state index in [1.165, 1.54) is 6.42 Å². The third kappa shape index (κ3) is 1.83. The number of hydrogen-bond acceptors (Lipinski definition) is 3. The Bertz CT molecular complexity index is 320. The predicted octanol–water partition coefficient (Wildman–Crippen LogP) is 1.94. The van der Waals surface area contributed by atoms with Crippen molar-refractivity contribution >= 4 is 0 Å². The number of aliphatic hydroxyl groups is 3. The van der Waals surface area contributed by atoms with Crippen molar-refractivity contribution in [2.75, 3.05) is 6.61 Å². The summed E-state index contributed by atoms with van der Waals surface area (Å²) in [6, 6.07) is 0. The van der Waals surface area contributed by atoms with Crippen LogP contribution in [0.5, 0.6) is 0 Å². The summed E-state index contributed by atoms with van der Waals surface area (Å²) >= 11 is 0. The molecule has 3 heteroatoms. The van der Waals surface area contributed by atoms with E-state index in [2.05, 4.69) is 20.8 Å². The molecule has 2 aliphatic rings. The molecule has 0 aromatic carbocycles. The van der Waals surface area contributed by atoms with Gasteiger partial charge >= 0.3 is 0 Å². The highest BCUT2D eigenvalue weighted by molar-refractivity contribution is 5.10. The summed E-state index contributed by atoms with van der Waals surface area (Å²) in [5.74, 6) is 0.129. The van der Waals surface area contributed by atoms with Gasteiger partial charge in [-0.05, 0) is 42.9 Å². The Balaban J connectivity index is 2.43. The molecule has 2 fully saturated rings. The van der Waals surface area contributed by atoms with E-state index in [1.54, 1.807) is 6.92 Å². The third-order valence-electron chi connectivity index (χ3n) is 6.09. The van der Waals surface area contributed by atoms with Gasteiger partial charge in [0.2, 0.25) is 0 Å². The molecule has 2 aliphatic carbocycles. The molecule has 0 radical (unpaired) electrons.